The predicted molar refractivity (Wildman–Crippen MR) is 88.0 cm³/mol. The van der Waals surface area contributed by atoms with Crippen molar-refractivity contribution >= 4 is 21.8 Å². The molecule has 23 heavy (non-hydrogen) atoms. The molecule has 1 aromatic rings. The molecule has 3 rings (SSSR count). The van der Waals surface area contributed by atoms with Crippen LogP contribution in [0, 0.1) is 5.92 Å². The first-order valence-electron chi connectivity index (χ1n) is 7.79. The Morgan fingerprint density at radius 1 is 1.09 bits per heavy atom. The number of hydrogen-bond donors (Lipinski definition) is 1. The predicted octanol–water partition coefficient (Wildman–Crippen LogP) is -0.139. The van der Waals surface area contributed by atoms with E-state index in [0.717, 1.165) is 18.8 Å². The summed E-state index contributed by atoms with van der Waals surface area (Å²) in [4.78, 5) is 16.3. The molecule has 1 atom stereocenters. The third kappa shape index (κ3) is 3.89. The highest BCUT2D eigenvalue weighted by Gasteiger charge is 2.33. The van der Waals surface area contributed by atoms with Crippen molar-refractivity contribution in [2.45, 2.75) is 6.42 Å². The number of carbonyl (C=O) groups excluding carboxylic acids is 1. The van der Waals surface area contributed by atoms with Crippen LogP contribution in [0.3, 0.4) is 0 Å². The molecule has 2 saturated heterocycles. The van der Waals surface area contributed by atoms with Crippen molar-refractivity contribution in [1.29, 1.82) is 0 Å². The standard InChI is InChI=1S/C15H22N4O3S/c16-23(21,22)18-8-6-17(7-9-18)11-13-10-15(20)19(12-13)14-4-2-1-3-5-14/h1-5,13H,6-12H2,(H2,16,21,22). The lowest BCUT2D eigenvalue weighted by molar-refractivity contribution is -0.117. The summed E-state index contributed by atoms with van der Waals surface area (Å²) in [5, 5.41) is 5.15. The molecule has 2 N–H and O–H groups in total. The molecule has 0 saturated carbocycles. The van der Waals surface area contributed by atoms with Crippen LogP contribution in [0.4, 0.5) is 5.69 Å². The Morgan fingerprint density at radius 2 is 1.74 bits per heavy atom. The van der Waals surface area contributed by atoms with Gasteiger partial charge in [-0.05, 0) is 18.1 Å². The van der Waals surface area contributed by atoms with E-state index in [1.165, 1.54) is 4.31 Å². The maximum absolute atomic E-state index is 12.2. The van der Waals surface area contributed by atoms with Crippen LogP contribution in [-0.2, 0) is 15.0 Å². The van der Waals surface area contributed by atoms with Crippen molar-refractivity contribution in [3.05, 3.63) is 30.3 Å². The van der Waals surface area contributed by atoms with Gasteiger partial charge in [-0.25, -0.2) is 5.14 Å². The van der Waals surface area contributed by atoms with E-state index < -0.39 is 10.2 Å². The summed E-state index contributed by atoms with van der Waals surface area (Å²) in [7, 11) is -3.59. The Kier molecular flexibility index (Phi) is 4.67. The van der Waals surface area contributed by atoms with Crippen LogP contribution < -0.4 is 10.0 Å². The first-order valence-corrected chi connectivity index (χ1v) is 9.29. The highest BCUT2D eigenvalue weighted by molar-refractivity contribution is 7.86. The van der Waals surface area contributed by atoms with Gasteiger partial charge >= 0.3 is 0 Å². The third-order valence-corrected chi connectivity index (χ3v) is 5.57. The zero-order chi connectivity index (χ0) is 16.4. The van der Waals surface area contributed by atoms with Gasteiger partial charge in [-0.15, -0.1) is 0 Å². The first-order chi connectivity index (χ1) is 10.9. The van der Waals surface area contributed by atoms with Gasteiger partial charge in [-0.3, -0.25) is 4.79 Å². The van der Waals surface area contributed by atoms with Gasteiger partial charge in [0.2, 0.25) is 5.91 Å². The topological polar surface area (TPSA) is 87.0 Å². The average Bonchev–Trinajstić information content (AvgIpc) is 2.88. The minimum absolute atomic E-state index is 0.157. The van der Waals surface area contributed by atoms with Crippen LogP contribution in [0.1, 0.15) is 6.42 Å². The van der Waals surface area contributed by atoms with Crippen molar-refractivity contribution in [3.8, 4) is 0 Å². The van der Waals surface area contributed by atoms with Gasteiger partial charge in [0, 0.05) is 51.4 Å². The molecular weight excluding hydrogens is 316 g/mol. The quantitative estimate of drug-likeness (QED) is 0.828. The summed E-state index contributed by atoms with van der Waals surface area (Å²) in [5.74, 6) is 0.438. The monoisotopic (exact) mass is 338 g/mol. The lowest BCUT2D eigenvalue weighted by Crippen LogP contribution is -2.51. The Morgan fingerprint density at radius 3 is 2.35 bits per heavy atom. The molecular formula is C15H22N4O3S. The summed E-state index contributed by atoms with van der Waals surface area (Å²) < 4.78 is 23.9. The van der Waals surface area contributed by atoms with E-state index in [1.54, 1.807) is 0 Å². The van der Waals surface area contributed by atoms with E-state index in [9.17, 15) is 13.2 Å². The molecule has 2 aliphatic rings. The summed E-state index contributed by atoms with van der Waals surface area (Å²) >= 11 is 0. The number of benzene rings is 1. The van der Waals surface area contributed by atoms with Gasteiger partial charge in [0.05, 0.1) is 0 Å². The summed E-state index contributed by atoms with van der Waals surface area (Å²) in [6.45, 7) is 3.69. The molecule has 2 heterocycles. The van der Waals surface area contributed by atoms with Gasteiger partial charge in [-0.1, -0.05) is 18.2 Å². The van der Waals surface area contributed by atoms with E-state index >= 15 is 0 Å². The maximum atomic E-state index is 12.2. The highest BCUT2D eigenvalue weighted by atomic mass is 32.2. The van der Waals surface area contributed by atoms with Gasteiger partial charge < -0.3 is 9.80 Å². The molecule has 0 aliphatic carbocycles. The fourth-order valence-electron chi connectivity index (χ4n) is 3.29. The largest absolute Gasteiger partial charge is 0.312 e. The fraction of sp³-hybridized carbons (Fsp3) is 0.533. The molecule has 1 aromatic carbocycles. The molecule has 8 heteroatoms. The molecule has 1 unspecified atom stereocenters. The molecule has 0 bridgehead atoms. The first kappa shape index (κ1) is 16.4. The van der Waals surface area contributed by atoms with Crippen molar-refractivity contribution < 1.29 is 13.2 Å². The molecule has 0 spiro atoms. The van der Waals surface area contributed by atoms with E-state index in [4.69, 9.17) is 5.14 Å². The maximum Gasteiger partial charge on any atom is 0.276 e. The van der Waals surface area contributed by atoms with Crippen molar-refractivity contribution in [3.63, 3.8) is 0 Å². The summed E-state index contributed by atoms with van der Waals surface area (Å²) in [6, 6.07) is 9.70. The smallest absolute Gasteiger partial charge is 0.276 e. The van der Waals surface area contributed by atoms with Crippen LogP contribution in [-0.4, -0.2) is 62.8 Å². The molecule has 0 aromatic heterocycles. The van der Waals surface area contributed by atoms with E-state index in [0.29, 0.717) is 32.6 Å². The van der Waals surface area contributed by atoms with Gasteiger partial charge in [-0.2, -0.15) is 12.7 Å². The van der Waals surface area contributed by atoms with E-state index in [-0.39, 0.29) is 11.8 Å². The number of hydrogen-bond acceptors (Lipinski definition) is 4. The Bertz CT molecular complexity index is 657. The molecule has 0 radical (unpaired) electrons. The van der Waals surface area contributed by atoms with Crippen LogP contribution in [0.5, 0.6) is 0 Å². The van der Waals surface area contributed by atoms with Crippen molar-refractivity contribution in [2.24, 2.45) is 11.1 Å². The highest BCUT2D eigenvalue weighted by Crippen LogP contribution is 2.25. The number of piperazine rings is 1. The average molecular weight is 338 g/mol. The number of anilines is 1. The minimum atomic E-state index is -3.59. The normalized spacial score (nSPS) is 24.3. The van der Waals surface area contributed by atoms with Crippen LogP contribution >= 0.6 is 0 Å². The molecule has 2 aliphatic heterocycles. The lowest BCUT2D eigenvalue weighted by atomic mass is 10.1. The van der Waals surface area contributed by atoms with Crippen LogP contribution in [0.2, 0.25) is 0 Å². The minimum Gasteiger partial charge on any atom is -0.312 e. The lowest BCUT2D eigenvalue weighted by Gasteiger charge is -2.34. The Balaban J connectivity index is 1.54. The zero-order valence-electron chi connectivity index (χ0n) is 13.0. The Hall–Kier alpha value is -1.48. The fourth-order valence-corrected chi connectivity index (χ4v) is 3.97. The second-order valence-corrected chi connectivity index (χ2v) is 7.70. The number of amides is 1. The Labute approximate surface area is 136 Å². The SMILES string of the molecule is NS(=O)(=O)N1CCN(CC2CC(=O)N(c3ccccc3)C2)CC1. The van der Waals surface area contributed by atoms with Crippen molar-refractivity contribution in [1.82, 2.24) is 9.21 Å². The molecule has 126 valence electrons. The number of nitrogens with two attached hydrogens (primary N) is 1. The summed E-state index contributed by atoms with van der Waals surface area (Å²) in [6.07, 6.45) is 0.546. The third-order valence-electron chi connectivity index (χ3n) is 4.48. The molecule has 2 fully saturated rings. The van der Waals surface area contributed by atoms with Gasteiger partial charge in [0.15, 0.2) is 0 Å². The van der Waals surface area contributed by atoms with Crippen LogP contribution in [0.25, 0.3) is 0 Å². The number of rotatable bonds is 4. The van der Waals surface area contributed by atoms with Gasteiger partial charge in [0.1, 0.15) is 0 Å². The summed E-state index contributed by atoms with van der Waals surface area (Å²) in [5.41, 5.74) is 0.944. The van der Waals surface area contributed by atoms with Crippen molar-refractivity contribution in [2.75, 3.05) is 44.2 Å². The second-order valence-electron chi connectivity index (χ2n) is 6.15. The molecule has 1 amide bonds. The number of nitrogens with zero attached hydrogens (tertiary/aromatic N) is 3. The number of para-hydroxylation sites is 1. The van der Waals surface area contributed by atoms with E-state index in [2.05, 4.69) is 4.90 Å². The van der Waals surface area contributed by atoms with Crippen LogP contribution in [0.15, 0.2) is 30.3 Å². The number of carbonyl (C=O) groups is 1. The zero-order valence-corrected chi connectivity index (χ0v) is 13.8. The molecule has 7 nitrogen and oxygen atoms in total. The van der Waals surface area contributed by atoms with Gasteiger partial charge in [0.25, 0.3) is 10.2 Å². The van der Waals surface area contributed by atoms with E-state index in [1.807, 2.05) is 35.2 Å². The second kappa shape index (κ2) is 6.56.